The summed E-state index contributed by atoms with van der Waals surface area (Å²) in [5, 5.41) is 13.4. The van der Waals surface area contributed by atoms with Gasteiger partial charge in [0.1, 0.15) is 6.79 Å². The van der Waals surface area contributed by atoms with Gasteiger partial charge in [-0.05, 0) is 62.2 Å². The second-order valence-electron chi connectivity index (χ2n) is 6.16. The Morgan fingerprint density at radius 1 is 1.11 bits per heavy atom. The van der Waals surface area contributed by atoms with Gasteiger partial charge in [0, 0.05) is 40.8 Å². The fraction of sp³-hybridized carbons (Fsp3) is 0.273. The maximum absolute atomic E-state index is 11.9. The lowest BCUT2D eigenvalue weighted by molar-refractivity contribution is -0.0979. The minimum Gasteiger partial charge on any atom is -0.396 e. The molecule has 0 aliphatic heterocycles. The van der Waals surface area contributed by atoms with E-state index in [4.69, 9.17) is 21.5 Å². The van der Waals surface area contributed by atoms with Gasteiger partial charge in [0.25, 0.3) is 0 Å². The number of aliphatic hydroxyl groups excluding tert-OH is 1. The van der Waals surface area contributed by atoms with Crippen LogP contribution in [0.25, 0.3) is 10.9 Å². The molecule has 0 saturated heterocycles. The van der Waals surface area contributed by atoms with Gasteiger partial charge in [-0.2, -0.15) is 0 Å². The molecule has 1 heterocycles. The average molecular weight is 403 g/mol. The van der Waals surface area contributed by atoms with Crippen LogP contribution in [0.2, 0.25) is 5.02 Å². The van der Waals surface area contributed by atoms with E-state index in [-0.39, 0.29) is 12.0 Å². The Bertz CT molecular complexity index is 908. The highest BCUT2D eigenvalue weighted by atomic mass is 35.5. The Hall–Kier alpha value is -2.47. The number of aliphatic hydroxyl groups is 1. The van der Waals surface area contributed by atoms with Crippen molar-refractivity contribution in [3.8, 4) is 0 Å². The van der Waals surface area contributed by atoms with Crippen molar-refractivity contribution in [2.75, 3.05) is 13.7 Å². The van der Waals surface area contributed by atoms with Gasteiger partial charge in [-0.1, -0.05) is 29.8 Å². The molecule has 0 atom stereocenters. The summed E-state index contributed by atoms with van der Waals surface area (Å²) in [7, 11) is 1.93. The fourth-order valence-corrected chi connectivity index (χ4v) is 2.74. The summed E-state index contributed by atoms with van der Waals surface area (Å²) < 4.78 is 0. The molecule has 6 heteroatoms. The number of carbonyl (C=O) groups excluding carboxylic acids is 1. The highest BCUT2D eigenvalue weighted by molar-refractivity contribution is 6.30. The Balaban J connectivity index is 0.000000281. The van der Waals surface area contributed by atoms with Crippen molar-refractivity contribution in [3.63, 3.8) is 0 Å². The van der Waals surface area contributed by atoms with Crippen molar-refractivity contribution in [1.82, 2.24) is 10.3 Å². The summed E-state index contributed by atoms with van der Waals surface area (Å²) in [5.74, 6) is 0. The number of benzene rings is 2. The van der Waals surface area contributed by atoms with E-state index in [9.17, 15) is 4.79 Å². The summed E-state index contributed by atoms with van der Waals surface area (Å²) in [4.78, 5) is 23.0. The zero-order chi connectivity index (χ0) is 20.9. The normalized spacial score (nSPS) is 9.86. The number of fused-ring (bicyclic) bond motifs is 1. The second-order valence-corrected chi connectivity index (χ2v) is 6.60. The number of aromatic amines is 1. The quantitative estimate of drug-likeness (QED) is 0.608. The third kappa shape index (κ3) is 7.27. The molecule has 0 bridgehead atoms. The number of aromatic nitrogens is 1. The molecule has 28 heavy (non-hydrogen) atoms. The van der Waals surface area contributed by atoms with Crippen molar-refractivity contribution in [2.45, 2.75) is 26.3 Å². The smallest absolute Gasteiger partial charge is 0.192 e. The fourth-order valence-electron chi connectivity index (χ4n) is 2.61. The lowest BCUT2D eigenvalue weighted by Crippen LogP contribution is -2.06. The molecular weight excluding hydrogens is 376 g/mol. The summed E-state index contributed by atoms with van der Waals surface area (Å²) in [6, 6.07) is 13.6. The number of nitrogens with one attached hydrogen (secondary N) is 2. The molecule has 0 saturated carbocycles. The Labute approximate surface area is 170 Å². The standard InChI is InChI=1S/C13H15NO2.C8H10ClN.CH2O/c1-9-8-14-12-5-4-10(3-2-6-15)7-11(12)13(9)16;1-10-6-7-2-4-8(9)5-3-7;1-2/h4-5,7-8,15H,2-3,6H2,1H3,(H,14,16);2-5,10H,6H2,1H3;1H2. The van der Waals surface area contributed by atoms with Crippen LogP contribution in [0, 0.1) is 6.92 Å². The first-order valence-electron chi connectivity index (χ1n) is 8.95. The van der Waals surface area contributed by atoms with Crippen molar-refractivity contribution >= 4 is 29.3 Å². The SMILES string of the molecule is C=O.CNCc1ccc(Cl)cc1.Cc1c[nH]c2ccc(CCCO)cc2c1=O. The molecule has 3 rings (SSSR count). The maximum atomic E-state index is 11.9. The number of H-pyrrole nitrogens is 1. The largest absolute Gasteiger partial charge is 0.396 e. The first kappa shape index (κ1) is 23.6. The molecule has 0 aliphatic carbocycles. The predicted octanol–water partition coefficient (Wildman–Crippen LogP) is 3.64. The van der Waals surface area contributed by atoms with E-state index >= 15 is 0 Å². The zero-order valence-electron chi connectivity index (χ0n) is 16.3. The second kappa shape index (κ2) is 12.8. The summed E-state index contributed by atoms with van der Waals surface area (Å²) in [6.45, 7) is 4.89. The van der Waals surface area contributed by atoms with Crippen LogP contribution >= 0.6 is 11.6 Å². The molecule has 150 valence electrons. The average Bonchev–Trinajstić information content (AvgIpc) is 2.73. The maximum Gasteiger partial charge on any atom is 0.192 e. The number of rotatable bonds is 5. The Morgan fingerprint density at radius 3 is 2.36 bits per heavy atom. The third-order valence-electron chi connectivity index (χ3n) is 4.05. The van der Waals surface area contributed by atoms with Crippen LogP contribution in [-0.2, 0) is 17.8 Å². The van der Waals surface area contributed by atoms with E-state index in [1.807, 2.05) is 56.3 Å². The van der Waals surface area contributed by atoms with E-state index in [1.165, 1.54) is 5.56 Å². The van der Waals surface area contributed by atoms with Crippen LogP contribution in [-0.4, -0.2) is 30.5 Å². The molecule has 0 unspecified atom stereocenters. The molecule has 5 nitrogen and oxygen atoms in total. The van der Waals surface area contributed by atoms with Gasteiger partial charge in [-0.15, -0.1) is 0 Å². The van der Waals surface area contributed by atoms with Gasteiger partial charge >= 0.3 is 0 Å². The Kier molecular flexibility index (Phi) is 10.8. The van der Waals surface area contributed by atoms with Crippen LogP contribution in [0.1, 0.15) is 23.1 Å². The van der Waals surface area contributed by atoms with Gasteiger partial charge in [-0.25, -0.2) is 0 Å². The highest BCUT2D eigenvalue weighted by Crippen LogP contribution is 2.12. The van der Waals surface area contributed by atoms with E-state index < -0.39 is 0 Å². The van der Waals surface area contributed by atoms with Crippen LogP contribution in [0.4, 0.5) is 0 Å². The number of carbonyl (C=O) groups is 1. The van der Waals surface area contributed by atoms with Gasteiger partial charge in [0.2, 0.25) is 0 Å². The minimum atomic E-state index is 0.0830. The molecule has 2 aromatic carbocycles. The van der Waals surface area contributed by atoms with Crippen LogP contribution in [0.3, 0.4) is 0 Å². The lowest BCUT2D eigenvalue weighted by Gasteiger charge is -2.03. The van der Waals surface area contributed by atoms with Crippen LogP contribution in [0.5, 0.6) is 0 Å². The Morgan fingerprint density at radius 2 is 1.75 bits per heavy atom. The summed E-state index contributed by atoms with van der Waals surface area (Å²) in [6.07, 6.45) is 3.27. The molecule has 0 spiro atoms. The number of pyridine rings is 1. The number of halogens is 1. The van der Waals surface area contributed by atoms with Crippen molar-refractivity contribution in [3.05, 3.63) is 80.6 Å². The first-order chi connectivity index (χ1) is 13.5. The highest BCUT2D eigenvalue weighted by Gasteiger charge is 2.02. The topological polar surface area (TPSA) is 82.2 Å². The van der Waals surface area contributed by atoms with E-state index in [1.54, 1.807) is 13.1 Å². The van der Waals surface area contributed by atoms with Crippen LogP contribution in [0.15, 0.2) is 53.5 Å². The molecule has 1 aromatic heterocycles. The summed E-state index contributed by atoms with van der Waals surface area (Å²) in [5.41, 5.74) is 4.03. The molecule has 3 N–H and O–H groups in total. The molecule has 0 fully saturated rings. The number of hydrogen-bond donors (Lipinski definition) is 3. The molecule has 0 radical (unpaired) electrons. The van der Waals surface area contributed by atoms with E-state index in [2.05, 4.69) is 10.3 Å². The van der Waals surface area contributed by atoms with E-state index in [0.29, 0.717) is 0 Å². The zero-order valence-corrected chi connectivity index (χ0v) is 17.1. The van der Waals surface area contributed by atoms with Crippen molar-refractivity contribution < 1.29 is 9.90 Å². The van der Waals surface area contributed by atoms with E-state index in [0.717, 1.165) is 46.4 Å². The van der Waals surface area contributed by atoms with Gasteiger partial charge in [0.15, 0.2) is 5.43 Å². The minimum absolute atomic E-state index is 0.0830. The predicted molar refractivity (Wildman–Crippen MR) is 116 cm³/mol. The van der Waals surface area contributed by atoms with Gasteiger partial charge in [-0.3, -0.25) is 4.79 Å². The number of hydrogen-bond acceptors (Lipinski definition) is 4. The first-order valence-corrected chi connectivity index (χ1v) is 9.32. The molecule has 0 amide bonds. The summed E-state index contributed by atoms with van der Waals surface area (Å²) >= 11 is 5.69. The van der Waals surface area contributed by atoms with Crippen molar-refractivity contribution in [2.24, 2.45) is 0 Å². The van der Waals surface area contributed by atoms with Crippen LogP contribution < -0.4 is 10.7 Å². The van der Waals surface area contributed by atoms with Gasteiger partial charge in [0.05, 0.1) is 0 Å². The lowest BCUT2D eigenvalue weighted by atomic mass is 10.1. The van der Waals surface area contributed by atoms with Gasteiger partial charge < -0.3 is 20.2 Å². The molecule has 3 aromatic rings. The monoisotopic (exact) mass is 402 g/mol. The molecular formula is C22H27ClN2O3. The third-order valence-corrected chi connectivity index (χ3v) is 4.30. The van der Waals surface area contributed by atoms with Crippen molar-refractivity contribution in [1.29, 1.82) is 0 Å². The molecule has 0 aliphatic rings. The number of aryl methyl sites for hydroxylation is 2.